The Labute approximate surface area is 109 Å². The van der Waals surface area contributed by atoms with E-state index in [1.807, 2.05) is 0 Å². The third-order valence-corrected chi connectivity index (χ3v) is 70.1. The summed E-state index contributed by atoms with van der Waals surface area (Å²) in [4.78, 5) is 0. The summed E-state index contributed by atoms with van der Waals surface area (Å²) in [5.74, 6) is 0. The average Bonchev–Trinajstić information content (AvgIpc) is 1.44. The van der Waals surface area contributed by atoms with Crippen molar-refractivity contribution >= 4 is 30.1 Å². The number of hydrogen-bond donors (Lipinski definition) is 0. The van der Waals surface area contributed by atoms with Crippen LogP contribution in [0.2, 0.25) is 58.9 Å². The van der Waals surface area contributed by atoms with E-state index in [2.05, 4.69) is 58.9 Å². The van der Waals surface area contributed by atoms with Crippen molar-refractivity contribution in [3.8, 4) is 0 Å². The van der Waals surface area contributed by atoms with E-state index in [1.165, 1.54) is 0 Å². The van der Waals surface area contributed by atoms with Crippen molar-refractivity contribution in [1.82, 2.24) is 0 Å². The van der Waals surface area contributed by atoms with Gasteiger partial charge in [0, 0.05) is 30.1 Å². The Morgan fingerprint density at radius 1 is 0.571 bits per heavy atom. The van der Waals surface area contributed by atoms with E-state index < -0.39 is 22.8 Å². The SMILES string of the molecule is C[Si](C)(C)[SiH]([Si](C)(C)C)[Si](C)(C)C.[H-].[Li+]. The summed E-state index contributed by atoms with van der Waals surface area (Å²) in [5, 5.41) is 0. The Hall–Kier alpha value is 1.46. The Morgan fingerprint density at radius 3 is 0.714 bits per heavy atom. The van der Waals surface area contributed by atoms with E-state index in [-0.39, 0.29) is 27.6 Å². The van der Waals surface area contributed by atoms with Crippen LogP contribution in [0.4, 0.5) is 0 Å². The smallest absolute Gasteiger partial charge is 1.00 e. The Bertz CT molecular complexity index is 145. The zero-order chi connectivity index (χ0) is 11.1. The summed E-state index contributed by atoms with van der Waals surface area (Å²) in [7, 11) is -2.77. The second kappa shape index (κ2) is 5.20. The molecule has 0 amide bonds. The molecule has 0 nitrogen and oxygen atoms in total. The molecule has 0 fully saturated rings. The zero-order valence-corrected chi connectivity index (χ0v) is 16.2. The van der Waals surface area contributed by atoms with Gasteiger partial charge in [-0.25, -0.2) is 0 Å². The maximum atomic E-state index is 2.63. The largest absolute Gasteiger partial charge is 1.00 e. The molecule has 0 aromatic rings. The summed E-state index contributed by atoms with van der Waals surface area (Å²) in [6, 6.07) is 0. The summed E-state index contributed by atoms with van der Waals surface area (Å²) in [6.45, 7) is 23.6. The van der Waals surface area contributed by atoms with Crippen LogP contribution in [0.1, 0.15) is 1.43 Å². The van der Waals surface area contributed by atoms with Crippen LogP contribution in [-0.2, 0) is 0 Å². The molecule has 0 aliphatic heterocycles. The van der Waals surface area contributed by atoms with Gasteiger partial charge in [0.15, 0.2) is 0 Å². The van der Waals surface area contributed by atoms with Gasteiger partial charge in [0.2, 0.25) is 0 Å². The Morgan fingerprint density at radius 2 is 0.714 bits per heavy atom. The maximum Gasteiger partial charge on any atom is 1.00 e. The fourth-order valence-electron chi connectivity index (χ4n) is 3.90. The molecule has 0 atom stereocenters. The van der Waals surface area contributed by atoms with Gasteiger partial charge in [-0.2, -0.15) is 0 Å². The van der Waals surface area contributed by atoms with Gasteiger partial charge in [0.25, 0.3) is 0 Å². The monoisotopic (exact) mass is 256 g/mol. The molecular weight excluding hydrogens is 227 g/mol. The van der Waals surface area contributed by atoms with E-state index in [0.29, 0.717) is 0 Å². The van der Waals surface area contributed by atoms with Crippen LogP contribution >= 0.6 is 0 Å². The molecule has 0 saturated carbocycles. The minimum Gasteiger partial charge on any atom is -1.00 e. The summed E-state index contributed by atoms with van der Waals surface area (Å²) in [6.07, 6.45) is 0. The van der Waals surface area contributed by atoms with E-state index in [9.17, 15) is 0 Å². The summed E-state index contributed by atoms with van der Waals surface area (Å²) < 4.78 is 0. The maximum absolute atomic E-state index is 2.63. The topological polar surface area (TPSA) is 0 Å². The molecule has 0 unspecified atom stereocenters. The standard InChI is InChI=1S/C9H28Si4.Li.H/c1-11(2,3)10(12(4,5)6)13(7,8)9;;/h10H,1-9H3;;/q;+1;-1. The van der Waals surface area contributed by atoms with Crippen LogP contribution in [0.3, 0.4) is 0 Å². The van der Waals surface area contributed by atoms with Crippen LogP contribution in [0.15, 0.2) is 0 Å². The predicted molar refractivity (Wildman–Crippen MR) is 78.3 cm³/mol. The van der Waals surface area contributed by atoms with Crippen LogP contribution in [0.5, 0.6) is 0 Å². The molecule has 0 bridgehead atoms. The van der Waals surface area contributed by atoms with Gasteiger partial charge in [-0.3, -0.25) is 0 Å². The van der Waals surface area contributed by atoms with Crippen LogP contribution in [0, 0.1) is 0 Å². The van der Waals surface area contributed by atoms with E-state index in [0.717, 1.165) is 0 Å². The van der Waals surface area contributed by atoms with Gasteiger partial charge < -0.3 is 1.43 Å². The third kappa shape index (κ3) is 5.52. The van der Waals surface area contributed by atoms with Gasteiger partial charge in [-0.15, -0.1) is 0 Å². The van der Waals surface area contributed by atoms with Gasteiger partial charge in [-0.05, 0) is 0 Å². The molecule has 0 aliphatic rings. The minimum absolute atomic E-state index is 0. The van der Waals surface area contributed by atoms with E-state index in [1.54, 1.807) is 0 Å². The molecule has 14 heavy (non-hydrogen) atoms. The van der Waals surface area contributed by atoms with Gasteiger partial charge >= 0.3 is 18.9 Å². The molecule has 0 heterocycles. The fourth-order valence-corrected chi connectivity index (χ4v) is 105. The molecule has 0 aromatic carbocycles. The predicted octanol–water partition coefficient (Wildman–Crippen LogP) is 0.580. The van der Waals surface area contributed by atoms with Crippen molar-refractivity contribution in [2.45, 2.75) is 58.9 Å². The molecule has 0 rings (SSSR count). The van der Waals surface area contributed by atoms with Gasteiger partial charge in [-0.1, -0.05) is 58.9 Å². The van der Waals surface area contributed by atoms with Crippen molar-refractivity contribution in [3.63, 3.8) is 0 Å². The zero-order valence-electron chi connectivity index (χ0n) is 13.1. The second-order valence-electron chi connectivity index (χ2n) is 7.53. The molecule has 0 saturated heterocycles. The Balaban J connectivity index is -0.000000720. The molecular formula is C9H29LiSi4. The fraction of sp³-hybridized carbons (Fsp3) is 1.00. The Kier molecular flexibility index (Phi) is 6.62. The molecule has 0 aromatic heterocycles. The number of hydrogen-bond acceptors (Lipinski definition) is 0. The van der Waals surface area contributed by atoms with Crippen molar-refractivity contribution in [3.05, 3.63) is 0 Å². The first-order valence-electron chi connectivity index (χ1n) is 5.37. The first-order chi connectivity index (χ1) is 5.37. The van der Waals surface area contributed by atoms with Crippen LogP contribution < -0.4 is 18.9 Å². The summed E-state index contributed by atoms with van der Waals surface area (Å²) >= 11 is 0. The molecule has 0 radical (unpaired) electrons. The van der Waals surface area contributed by atoms with Crippen molar-refractivity contribution < 1.29 is 20.3 Å². The number of rotatable bonds is 3. The van der Waals surface area contributed by atoms with Crippen LogP contribution in [0.25, 0.3) is 0 Å². The van der Waals surface area contributed by atoms with Crippen molar-refractivity contribution in [2.24, 2.45) is 0 Å². The second-order valence-corrected chi connectivity index (χ2v) is 48.6. The average molecular weight is 257 g/mol. The van der Waals surface area contributed by atoms with Crippen molar-refractivity contribution in [1.29, 1.82) is 0 Å². The molecule has 0 spiro atoms. The summed E-state index contributed by atoms with van der Waals surface area (Å²) in [5.41, 5.74) is 0. The van der Waals surface area contributed by atoms with E-state index in [4.69, 9.17) is 0 Å². The third-order valence-electron chi connectivity index (χ3n) is 2.60. The van der Waals surface area contributed by atoms with E-state index >= 15 is 0 Å². The molecule has 0 N–H and O–H groups in total. The molecule has 82 valence electrons. The quantitative estimate of drug-likeness (QED) is 0.648. The molecule has 0 aliphatic carbocycles. The normalized spacial score (nSPS) is 14.1. The van der Waals surface area contributed by atoms with Crippen molar-refractivity contribution in [2.75, 3.05) is 0 Å². The first kappa shape index (κ1) is 17.8. The van der Waals surface area contributed by atoms with Crippen LogP contribution in [-0.4, -0.2) is 30.1 Å². The van der Waals surface area contributed by atoms with Gasteiger partial charge in [0.05, 0.1) is 0 Å². The van der Waals surface area contributed by atoms with Gasteiger partial charge in [0.1, 0.15) is 0 Å². The minimum atomic E-state index is -0.795. The molecule has 5 heteroatoms. The first-order valence-corrected chi connectivity index (χ1v) is 21.3.